The van der Waals surface area contributed by atoms with E-state index in [9.17, 15) is 4.79 Å². The number of nitrogens with one attached hydrogen (secondary N) is 1. The number of anilines is 1. The number of carbonyl (C=O) groups is 1. The average molecular weight is 410 g/mol. The third-order valence-corrected chi connectivity index (χ3v) is 6.45. The highest BCUT2D eigenvalue weighted by Gasteiger charge is 2.28. The summed E-state index contributed by atoms with van der Waals surface area (Å²) in [5, 5.41) is 13.7. The lowest BCUT2D eigenvalue weighted by Gasteiger charge is -2.32. The second-order valence-electron chi connectivity index (χ2n) is 7.55. The lowest BCUT2D eigenvalue weighted by atomic mass is 9.96. The minimum absolute atomic E-state index is 0.00694. The molecule has 7 heteroatoms. The highest BCUT2D eigenvalue weighted by Crippen LogP contribution is 2.28. The van der Waals surface area contributed by atoms with Gasteiger partial charge in [-0.15, -0.1) is 10.2 Å². The van der Waals surface area contributed by atoms with Gasteiger partial charge in [0.2, 0.25) is 16.2 Å². The first kappa shape index (κ1) is 19.6. The van der Waals surface area contributed by atoms with Crippen LogP contribution in [-0.2, 0) is 11.2 Å². The fourth-order valence-corrected chi connectivity index (χ4v) is 4.63. The minimum Gasteiger partial charge on any atom is -0.353 e. The smallest absolute Gasteiger partial charge is 0.225 e. The van der Waals surface area contributed by atoms with E-state index in [1.807, 2.05) is 47.3 Å². The molecule has 1 aromatic carbocycles. The summed E-state index contributed by atoms with van der Waals surface area (Å²) in [6.07, 6.45) is 7.64. The van der Waals surface area contributed by atoms with Crippen molar-refractivity contribution in [3.8, 4) is 5.13 Å². The number of piperidine rings is 1. The first-order chi connectivity index (χ1) is 14.2. The molecule has 1 N–H and O–H groups in total. The molecule has 152 valence electrons. The van der Waals surface area contributed by atoms with E-state index in [0.717, 1.165) is 42.5 Å². The van der Waals surface area contributed by atoms with E-state index in [2.05, 4.69) is 39.5 Å². The summed E-state index contributed by atoms with van der Waals surface area (Å²) >= 11 is 1.57. The Morgan fingerprint density at radius 3 is 2.69 bits per heavy atom. The standard InChI is InChI=1S/C22H27N5OS/c1-2-19(15-17-9-4-3-5-10-17)23-20(28)18-11-8-14-27(16-18)22-25-24-21(29-22)26-12-6-7-13-26/h3-7,9-10,12-13,18-19H,2,8,11,14-16H2,1H3,(H,23,28)/t18-,19+/m1/s1. The largest absolute Gasteiger partial charge is 0.353 e. The molecule has 1 fully saturated rings. The van der Waals surface area contributed by atoms with Crippen LogP contribution in [0.1, 0.15) is 31.7 Å². The Morgan fingerprint density at radius 1 is 1.17 bits per heavy atom. The molecular weight excluding hydrogens is 382 g/mol. The van der Waals surface area contributed by atoms with Crippen molar-refractivity contribution < 1.29 is 4.79 Å². The van der Waals surface area contributed by atoms with Crippen molar-refractivity contribution in [3.63, 3.8) is 0 Å². The van der Waals surface area contributed by atoms with E-state index in [1.165, 1.54) is 5.56 Å². The zero-order chi connectivity index (χ0) is 20.1. The molecule has 0 radical (unpaired) electrons. The van der Waals surface area contributed by atoms with Gasteiger partial charge in [-0.2, -0.15) is 0 Å². The van der Waals surface area contributed by atoms with Gasteiger partial charge in [0, 0.05) is 31.5 Å². The SMILES string of the molecule is CC[C@@H](Cc1ccccc1)NC(=O)[C@@H]1CCCN(c2nnc(-n3cccc3)s2)C1. The van der Waals surface area contributed by atoms with Gasteiger partial charge in [-0.05, 0) is 43.4 Å². The molecule has 4 rings (SSSR count). The summed E-state index contributed by atoms with van der Waals surface area (Å²) in [5.74, 6) is 0.153. The maximum absolute atomic E-state index is 13.0. The molecule has 3 heterocycles. The van der Waals surface area contributed by atoms with Crippen LogP contribution >= 0.6 is 11.3 Å². The van der Waals surface area contributed by atoms with Gasteiger partial charge in [0.1, 0.15) is 0 Å². The van der Waals surface area contributed by atoms with Crippen molar-refractivity contribution in [2.24, 2.45) is 5.92 Å². The minimum atomic E-state index is -0.00694. The molecular formula is C22H27N5OS. The summed E-state index contributed by atoms with van der Waals surface area (Å²) in [6.45, 7) is 3.75. The Balaban J connectivity index is 1.37. The maximum atomic E-state index is 13.0. The van der Waals surface area contributed by atoms with Gasteiger partial charge in [0.25, 0.3) is 0 Å². The number of amides is 1. The van der Waals surface area contributed by atoms with Crippen LogP contribution in [-0.4, -0.2) is 39.8 Å². The molecule has 0 spiro atoms. The Kier molecular flexibility index (Phi) is 6.24. The molecule has 2 atom stereocenters. The van der Waals surface area contributed by atoms with E-state index in [4.69, 9.17) is 0 Å². The maximum Gasteiger partial charge on any atom is 0.225 e. The van der Waals surface area contributed by atoms with Gasteiger partial charge < -0.3 is 10.2 Å². The number of aromatic nitrogens is 3. The first-order valence-electron chi connectivity index (χ1n) is 10.3. The van der Waals surface area contributed by atoms with Gasteiger partial charge in [-0.1, -0.05) is 48.6 Å². The molecule has 3 aromatic rings. The topological polar surface area (TPSA) is 63.1 Å². The highest BCUT2D eigenvalue weighted by atomic mass is 32.1. The second kappa shape index (κ2) is 9.22. The Bertz CT molecular complexity index is 908. The third-order valence-electron chi connectivity index (χ3n) is 5.46. The van der Waals surface area contributed by atoms with Gasteiger partial charge in [0.05, 0.1) is 5.92 Å². The Hall–Kier alpha value is -2.67. The van der Waals surface area contributed by atoms with Gasteiger partial charge >= 0.3 is 0 Å². The van der Waals surface area contributed by atoms with Crippen molar-refractivity contribution in [2.75, 3.05) is 18.0 Å². The summed E-state index contributed by atoms with van der Waals surface area (Å²) in [7, 11) is 0. The van der Waals surface area contributed by atoms with Gasteiger partial charge in [-0.3, -0.25) is 9.36 Å². The number of rotatable bonds is 7. The van der Waals surface area contributed by atoms with E-state index >= 15 is 0 Å². The number of carbonyl (C=O) groups excluding carboxylic acids is 1. The van der Waals surface area contributed by atoms with Crippen molar-refractivity contribution >= 4 is 22.4 Å². The number of nitrogens with zero attached hydrogens (tertiary/aromatic N) is 4. The highest BCUT2D eigenvalue weighted by molar-refractivity contribution is 7.17. The molecule has 6 nitrogen and oxygen atoms in total. The fourth-order valence-electron chi connectivity index (χ4n) is 3.78. The lowest BCUT2D eigenvalue weighted by Crippen LogP contribution is -2.46. The molecule has 2 aromatic heterocycles. The zero-order valence-electron chi connectivity index (χ0n) is 16.7. The monoisotopic (exact) mass is 409 g/mol. The summed E-state index contributed by atoms with van der Waals surface area (Å²) in [5.41, 5.74) is 1.26. The summed E-state index contributed by atoms with van der Waals surface area (Å²) in [4.78, 5) is 15.2. The zero-order valence-corrected chi connectivity index (χ0v) is 17.5. The molecule has 0 bridgehead atoms. The normalized spacial score (nSPS) is 17.8. The molecule has 29 heavy (non-hydrogen) atoms. The summed E-state index contributed by atoms with van der Waals surface area (Å²) < 4.78 is 1.96. The van der Waals surface area contributed by atoms with Crippen LogP contribution in [0.4, 0.5) is 5.13 Å². The van der Waals surface area contributed by atoms with Crippen LogP contribution < -0.4 is 10.2 Å². The van der Waals surface area contributed by atoms with Crippen LogP contribution in [0.5, 0.6) is 0 Å². The summed E-state index contributed by atoms with van der Waals surface area (Å²) in [6, 6.07) is 14.5. The molecule has 0 aliphatic carbocycles. The van der Waals surface area contributed by atoms with E-state index in [1.54, 1.807) is 11.3 Å². The van der Waals surface area contributed by atoms with E-state index in [-0.39, 0.29) is 17.9 Å². The van der Waals surface area contributed by atoms with Crippen molar-refractivity contribution in [3.05, 3.63) is 60.4 Å². The van der Waals surface area contributed by atoms with Crippen LogP contribution in [0.25, 0.3) is 5.13 Å². The fraction of sp³-hybridized carbons (Fsp3) is 0.409. The second-order valence-corrected chi connectivity index (χ2v) is 8.48. The van der Waals surface area contributed by atoms with Crippen molar-refractivity contribution in [1.29, 1.82) is 0 Å². The van der Waals surface area contributed by atoms with Crippen molar-refractivity contribution in [2.45, 2.75) is 38.6 Å². The number of hydrogen-bond donors (Lipinski definition) is 1. The third kappa shape index (κ3) is 4.85. The number of benzene rings is 1. The van der Waals surface area contributed by atoms with E-state index in [0.29, 0.717) is 6.54 Å². The van der Waals surface area contributed by atoms with Crippen molar-refractivity contribution in [1.82, 2.24) is 20.1 Å². The quantitative estimate of drug-likeness (QED) is 0.647. The molecule has 1 aliphatic heterocycles. The van der Waals surface area contributed by atoms with Gasteiger partial charge in [-0.25, -0.2) is 0 Å². The predicted molar refractivity (Wildman–Crippen MR) is 117 cm³/mol. The average Bonchev–Trinajstić information content (AvgIpc) is 3.46. The van der Waals surface area contributed by atoms with Crippen LogP contribution in [0.3, 0.4) is 0 Å². The molecule has 0 saturated carbocycles. The molecule has 1 aliphatic rings. The molecule has 1 amide bonds. The molecule has 0 unspecified atom stereocenters. The van der Waals surface area contributed by atoms with Gasteiger partial charge in [0.15, 0.2) is 0 Å². The lowest BCUT2D eigenvalue weighted by molar-refractivity contribution is -0.126. The predicted octanol–water partition coefficient (Wildman–Crippen LogP) is 3.68. The van der Waals surface area contributed by atoms with E-state index < -0.39 is 0 Å². The first-order valence-corrected chi connectivity index (χ1v) is 11.1. The van der Waals surface area contributed by atoms with Crippen LogP contribution in [0, 0.1) is 5.92 Å². The Morgan fingerprint density at radius 2 is 1.93 bits per heavy atom. The van der Waals surface area contributed by atoms with Crippen LogP contribution in [0.2, 0.25) is 0 Å². The number of hydrogen-bond acceptors (Lipinski definition) is 5. The Labute approximate surface area is 175 Å². The molecule has 1 saturated heterocycles. The van der Waals surface area contributed by atoms with Crippen LogP contribution in [0.15, 0.2) is 54.9 Å².